The van der Waals surface area contributed by atoms with E-state index in [0.29, 0.717) is 12.1 Å². The van der Waals surface area contributed by atoms with Crippen LogP contribution in [0.3, 0.4) is 0 Å². The molecule has 0 bridgehead atoms. The van der Waals surface area contributed by atoms with Gasteiger partial charge in [-0.25, -0.2) is 0 Å². The summed E-state index contributed by atoms with van der Waals surface area (Å²) in [4.78, 5) is 5.11. The summed E-state index contributed by atoms with van der Waals surface area (Å²) in [7, 11) is -0.675. The van der Waals surface area contributed by atoms with E-state index in [-0.39, 0.29) is 0 Å². The van der Waals surface area contributed by atoms with Gasteiger partial charge in [0.1, 0.15) is 0 Å². The molecule has 0 heterocycles. The fourth-order valence-electron chi connectivity index (χ4n) is 5.01. The van der Waals surface area contributed by atoms with Crippen LogP contribution in [0, 0.1) is 0 Å². The summed E-state index contributed by atoms with van der Waals surface area (Å²) in [6.07, 6.45) is 0. The number of nitrogens with zero attached hydrogens (tertiary/aromatic N) is 2. The zero-order valence-electron chi connectivity index (χ0n) is 21.3. The molecule has 176 valence electrons. The van der Waals surface area contributed by atoms with Gasteiger partial charge >= 0.3 is 0 Å². The molecule has 3 aromatic rings. The van der Waals surface area contributed by atoms with Crippen molar-refractivity contribution in [3.63, 3.8) is 0 Å². The molecule has 0 amide bonds. The highest BCUT2D eigenvalue weighted by Crippen LogP contribution is 2.39. The average molecular weight is 461 g/mol. The molecule has 0 radical (unpaired) electrons. The Labute approximate surface area is 203 Å². The first-order valence-electron chi connectivity index (χ1n) is 12.6. The molecule has 3 rings (SSSR count). The third-order valence-corrected chi connectivity index (χ3v) is 9.58. The van der Waals surface area contributed by atoms with E-state index in [9.17, 15) is 0 Å². The number of hydrogen-bond donors (Lipinski definition) is 0. The Kier molecular flexibility index (Phi) is 9.68. The predicted octanol–water partition coefficient (Wildman–Crippen LogP) is 6.25. The topological polar surface area (TPSA) is 6.48 Å². The maximum atomic E-state index is 2.56. The first-order valence-corrected chi connectivity index (χ1v) is 13.9. The quantitative estimate of drug-likeness (QED) is 0.312. The minimum absolute atomic E-state index is 0.386. The minimum atomic E-state index is -0.675. The normalized spacial score (nSPS) is 13.6. The van der Waals surface area contributed by atoms with Crippen molar-refractivity contribution in [1.82, 2.24) is 9.80 Å². The van der Waals surface area contributed by atoms with Gasteiger partial charge in [-0.1, -0.05) is 107 Å². The smallest absolute Gasteiger partial charge is 0.0326 e. The van der Waals surface area contributed by atoms with Gasteiger partial charge in [-0.05, 0) is 75.0 Å². The van der Waals surface area contributed by atoms with Crippen LogP contribution in [0.25, 0.3) is 0 Å². The molecule has 0 aromatic heterocycles. The van der Waals surface area contributed by atoms with E-state index in [4.69, 9.17) is 0 Å². The molecular formula is C30H41N2P. The molecule has 0 aliphatic rings. The molecule has 0 fully saturated rings. The van der Waals surface area contributed by atoms with Gasteiger partial charge in [0.15, 0.2) is 0 Å². The molecule has 33 heavy (non-hydrogen) atoms. The largest absolute Gasteiger partial charge is 0.297 e. The van der Waals surface area contributed by atoms with E-state index in [1.54, 1.807) is 0 Å². The molecule has 0 N–H and O–H groups in total. The molecule has 3 heteroatoms. The van der Waals surface area contributed by atoms with Crippen LogP contribution in [0.5, 0.6) is 0 Å². The van der Waals surface area contributed by atoms with Gasteiger partial charge in [0, 0.05) is 12.1 Å². The summed E-state index contributed by atoms with van der Waals surface area (Å²) in [5.74, 6) is 0. The first-order chi connectivity index (χ1) is 16.1. The second-order valence-electron chi connectivity index (χ2n) is 8.58. The minimum Gasteiger partial charge on any atom is -0.297 e. The Morgan fingerprint density at radius 2 is 0.909 bits per heavy atom. The van der Waals surface area contributed by atoms with Crippen LogP contribution in [-0.2, 0) is 0 Å². The Hall–Kier alpha value is -1.99. The molecule has 0 saturated carbocycles. The van der Waals surface area contributed by atoms with Crippen molar-refractivity contribution in [3.8, 4) is 0 Å². The molecule has 2 nitrogen and oxygen atoms in total. The summed E-state index contributed by atoms with van der Waals surface area (Å²) in [5.41, 5.74) is 2.92. The number of rotatable bonds is 11. The monoisotopic (exact) mass is 460 g/mol. The van der Waals surface area contributed by atoms with Crippen LogP contribution < -0.4 is 15.9 Å². The van der Waals surface area contributed by atoms with Crippen molar-refractivity contribution in [2.75, 3.05) is 26.2 Å². The summed E-state index contributed by atoms with van der Waals surface area (Å²) in [5, 5.41) is 4.39. The van der Waals surface area contributed by atoms with Gasteiger partial charge in [0.25, 0.3) is 0 Å². The fourth-order valence-corrected chi connectivity index (χ4v) is 7.81. The van der Waals surface area contributed by atoms with Gasteiger partial charge in [0.2, 0.25) is 0 Å². The Morgan fingerprint density at radius 3 is 1.30 bits per heavy atom. The standard InChI is InChI=1S/C30H41N2P/c1-7-31(8-2)24(5)27-20-14-16-22-29(27)33(26-18-12-11-13-19-26)30-23-17-15-21-28(30)25(6)32(9-3)10-4/h11-25H,7-10H2,1-6H3/t24-,25-/m0/s1. The van der Waals surface area contributed by atoms with Crippen molar-refractivity contribution in [3.05, 3.63) is 90.0 Å². The second-order valence-corrected chi connectivity index (χ2v) is 10.7. The lowest BCUT2D eigenvalue weighted by atomic mass is 10.1. The second kappa shape index (κ2) is 12.5. The van der Waals surface area contributed by atoms with Gasteiger partial charge in [-0.15, -0.1) is 0 Å². The summed E-state index contributed by atoms with van der Waals surface area (Å²) < 4.78 is 0. The van der Waals surface area contributed by atoms with Crippen LogP contribution in [0.2, 0.25) is 0 Å². The van der Waals surface area contributed by atoms with E-state index in [1.165, 1.54) is 27.0 Å². The van der Waals surface area contributed by atoms with E-state index in [1.807, 2.05) is 0 Å². The molecule has 2 atom stereocenters. The maximum Gasteiger partial charge on any atom is 0.0326 e. The van der Waals surface area contributed by atoms with E-state index in [0.717, 1.165) is 26.2 Å². The Bertz CT molecular complexity index is 918. The lowest BCUT2D eigenvalue weighted by Crippen LogP contribution is -2.34. The van der Waals surface area contributed by atoms with Gasteiger partial charge in [-0.3, -0.25) is 9.80 Å². The van der Waals surface area contributed by atoms with Crippen LogP contribution >= 0.6 is 7.92 Å². The van der Waals surface area contributed by atoms with Gasteiger partial charge in [0.05, 0.1) is 0 Å². The first kappa shape index (κ1) is 25.6. The highest BCUT2D eigenvalue weighted by molar-refractivity contribution is 7.80. The van der Waals surface area contributed by atoms with Crippen molar-refractivity contribution in [1.29, 1.82) is 0 Å². The highest BCUT2D eigenvalue weighted by atomic mass is 31.1. The third-order valence-electron chi connectivity index (χ3n) is 6.99. The van der Waals surface area contributed by atoms with Crippen molar-refractivity contribution < 1.29 is 0 Å². The molecule has 0 unspecified atom stereocenters. The van der Waals surface area contributed by atoms with Crippen LogP contribution in [0.1, 0.15) is 64.8 Å². The molecule has 0 aliphatic carbocycles. The van der Waals surface area contributed by atoms with E-state index in [2.05, 4.69) is 130 Å². The third kappa shape index (κ3) is 5.75. The van der Waals surface area contributed by atoms with Crippen LogP contribution in [-0.4, -0.2) is 36.0 Å². The Balaban J connectivity index is 2.23. The molecular weight excluding hydrogens is 419 g/mol. The average Bonchev–Trinajstić information content (AvgIpc) is 2.87. The van der Waals surface area contributed by atoms with E-state index >= 15 is 0 Å². The summed E-state index contributed by atoms with van der Waals surface area (Å²) in [6, 6.07) is 30.3. The van der Waals surface area contributed by atoms with Gasteiger partial charge in [-0.2, -0.15) is 0 Å². The van der Waals surface area contributed by atoms with Gasteiger partial charge < -0.3 is 0 Å². The molecule has 0 aliphatic heterocycles. The van der Waals surface area contributed by atoms with Crippen molar-refractivity contribution in [2.24, 2.45) is 0 Å². The van der Waals surface area contributed by atoms with Crippen LogP contribution in [0.15, 0.2) is 78.9 Å². The number of benzene rings is 3. The van der Waals surface area contributed by atoms with Crippen molar-refractivity contribution in [2.45, 2.75) is 53.6 Å². The van der Waals surface area contributed by atoms with Crippen molar-refractivity contribution >= 4 is 23.8 Å². The highest BCUT2D eigenvalue weighted by Gasteiger charge is 2.27. The van der Waals surface area contributed by atoms with Crippen LogP contribution in [0.4, 0.5) is 0 Å². The maximum absolute atomic E-state index is 2.56. The number of hydrogen-bond acceptors (Lipinski definition) is 2. The Morgan fingerprint density at radius 1 is 0.545 bits per heavy atom. The SMILES string of the molecule is CCN(CC)[C@@H](C)c1ccccc1P(c1ccccc1)c1ccccc1[C@H](C)N(CC)CC. The predicted molar refractivity (Wildman–Crippen MR) is 148 cm³/mol. The zero-order chi connectivity index (χ0) is 23.8. The van der Waals surface area contributed by atoms with E-state index < -0.39 is 7.92 Å². The lowest BCUT2D eigenvalue weighted by Gasteiger charge is -2.33. The summed E-state index contributed by atoms with van der Waals surface area (Å²) >= 11 is 0. The summed E-state index contributed by atoms with van der Waals surface area (Å²) in [6.45, 7) is 18.1. The molecule has 0 saturated heterocycles. The lowest BCUT2D eigenvalue weighted by molar-refractivity contribution is 0.235. The molecule has 0 spiro atoms. The molecule has 3 aromatic carbocycles. The fraction of sp³-hybridized carbons (Fsp3) is 0.400. The zero-order valence-corrected chi connectivity index (χ0v) is 22.2.